The Balaban J connectivity index is 1.98. The lowest BCUT2D eigenvalue weighted by atomic mass is 10.0. The van der Waals surface area contributed by atoms with E-state index in [1.807, 2.05) is 0 Å². The largest absolute Gasteiger partial charge is 0.416 e. The molecule has 0 unspecified atom stereocenters. The first kappa shape index (κ1) is 14.7. The number of benzene rings is 1. The van der Waals surface area contributed by atoms with Crippen LogP contribution in [0, 0.1) is 0 Å². The quantitative estimate of drug-likeness (QED) is 0.871. The minimum Gasteiger partial charge on any atom is -0.375 e. The Hall–Kier alpha value is -1.27. The number of halogens is 4. The van der Waals surface area contributed by atoms with Crippen molar-refractivity contribution in [3.63, 3.8) is 0 Å². The van der Waals surface area contributed by atoms with Crippen molar-refractivity contribution in [1.29, 1.82) is 0 Å². The molecule has 1 saturated carbocycles. The molecular formula is C14H12ClF3N2S. The van der Waals surface area contributed by atoms with Crippen LogP contribution in [0.2, 0.25) is 5.02 Å². The number of hydrogen-bond acceptors (Lipinski definition) is 3. The van der Waals surface area contributed by atoms with Gasteiger partial charge in [0, 0.05) is 22.2 Å². The van der Waals surface area contributed by atoms with Crippen molar-refractivity contribution < 1.29 is 13.2 Å². The summed E-state index contributed by atoms with van der Waals surface area (Å²) in [5, 5.41) is 0.492. The second kappa shape index (κ2) is 5.18. The van der Waals surface area contributed by atoms with E-state index in [0.29, 0.717) is 11.0 Å². The van der Waals surface area contributed by atoms with Gasteiger partial charge in [0.2, 0.25) is 0 Å². The van der Waals surface area contributed by atoms with Gasteiger partial charge in [-0.25, -0.2) is 4.98 Å². The van der Waals surface area contributed by atoms with Gasteiger partial charge in [-0.15, -0.1) is 11.3 Å². The van der Waals surface area contributed by atoms with Crippen LogP contribution in [0.15, 0.2) is 18.2 Å². The molecule has 2 nitrogen and oxygen atoms in total. The third kappa shape index (κ3) is 3.16. The highest BCUT2D eigenvalue weighted by Gasteiger charge is 2.35. The summed E-state index contributed by atoms with van der Waals surface area (Å²) in [7, 11) is 0. The van der Waals surface area contributed by atoms with Gasteiger partial charge in [0.15, 0.2) is 5.13 Å². The number of nitrogens with zero attached hydrogens (tertiary/aromatic N) is 1. The number of anilines is 1. The van der Waals surface area contributed by atoms with Gasteiger partial charge in [0.05, 0.1) is 11.3 Å². The minimum atomic E-state index is -4.42. The van der Waals surface area contributed by atoms with Crippen LogP contribution in [0.1, 0.15) is 40.5 Å². The van der Waals surface area contributed by atoms with Crippen molar-refractivity contribution in [3.05, 3.63) is 44.9 Å². The average molecular weight is 333 g/mol. The molecule has 1 aromatic heterocycles. The van der Waals surface area contributed by atoms with Gasteiger partial charge in [-0.05, 0) is 30.5 Å². The summed E-state index contributed by atoms with van der Waals surface area (Å²) in [6.45, 7) is 0. The molecule has 21 heavy (non-hydrogen) atoms. The monoisotopic (exact) mass is 332 g/mol. The number of nitrogen functional groups attached to an aromatic ring is 1. The Bertz CT molecular complexity index is 677. The number of aromatic nitrogens is 1. The molecular weight excluding hydrogens is 321 g/mol. The zero-order valence-electron chi connectivity index (χ0n) is 10.9. The fourth-order valence-electron chi connectivity index (χ4n) is 2.32. The number of rotatable bonds is 3. The van der Waals surface area contributed by atoms with Crippen LogP contribution in [0.3, 0.4) is 0 Å². The van der Waals surface area contributed by atoms with E-state index in [0.717, 1.165) is 29.5 Å². The van der Waals surface area contributed by atoms with E-state index in [2.05, 4.69) is 4.98 Å². The van der Waals surface area contributed by atoms with Gasteiger partial charge >= 0.3 is 6.18 Å². The standard InChI is InChI=1S/C14H12ClF3N2S/c15-9-4-3-8(10(6-9)14(16,17)18)5-11-12(7-1-2-7)20-13(19)21-11/h3-4,6-7H,1-2,5H2,(H2,19,20). The molecule has 1 aromatic carbocycles. The lowest BCUT2D eigenvalue weighted by Crippen LogP contribution is -2.09. The first-order valence-electron chi connectivity index (χ1n) is 6.45. The van der Waals surface area contributed by atoms with Crippen LogP contribution in [0.5, 0.6) is 0 Å². The smallest absolute Gasteiger partial charge is 0.375 e. The van der Waals surface area contributed by atoms with Crippen molar-refractivity contribution in [2.75, 3.05) is 5.73 Å². The summed E-state index contributed by atoms with van der Waals surface area (Å²) in [6.07, 6.45) is -2.17. The van der Waals surface area contributed by atoms with Crippen molar-refractivity contribution in [2.45, 2.75) is 31.4 Å². The van der Waals surface area contributed by atoms with E-state index in [9.17, 15) is 13.2 Å². The Morgan fingerprint density at radius 1 is 1.33 bits per heavy atom. The molecule has 0 bridgehead atoms. The van der Waals surface area contributed by atoms with Crippen LogP contribution in [0.25, 0.3) is 0 Å². The number of hydrogen-bond donors (Lipinski definition) is 1. The van der Waals surface area contributed by atoms with Crippen molar-refractivity contribution >= 4 is 28.1 Å². The summed E-state index contributed by atoms with van der Waals surface area (Å²) >= 11 is 6.96. The summed E-state index contributed by atoms with van der Waals surface area (Å²) in [5.41, 5.74) is 6.09. The van der Waals surface area contributed by atoms with E-state index in [1.165, 1.54) is 23.5 Å². The molecule has 1 aliphatic carbocycles. The summed E-state index contributed by atoms with van der Waals surface area (Å²) < 4.78 is 39.3. The molecule has 0 saturated heterocycles. The Morgan fingerprint density at radius 2 is 2.05 bits per heavy atom. The summed E-state index contributed by atoms with van der Waals surface area (Å²) in [4.78, 5) is 5.09. The Morgan fingerprint density at radius 3 is 2.67 bits per heavy atom. The second-order valence-corrected chi connectivity index (χ2v) is 6.66. The van der Waals surface area contributed by atoms with Crippen LogP contribution in [-0.4, -0.2) is 4.98 Å². The lowest BCUT2D eigenvalue weighted by Gasteiger charge is -2.13. The van der Waals surface area contributed by atoms with Crippen LogP contribution >= 0.6 is 22.9 Å². The number of alkyl halides is 3. The van der Waals surface area contributed by atoms with Crippen molar-refractivity contribution in [1.82, 2.24) is 4.98 Å². The highest BCUT2D eigenvalue weighted by molar-refractivity contribution is 7.15. The average Bonchev–Trinajstić information content (AvgIpc) is 3.15. The van der Waals surface area contributed by atoms with Gasteiger partial charge in [-0.3, -0.25) is 0 Å². The molecule has 0 radical (unpaired) electrons. The molecule has 0 aliphatic heterocycles. The molecule has 2 aromatic rings. The maximum atomic E-state index is 13.1. The van der Waals surface area contributed by atoms with Gasteiger partial charge < -0.3 is 5.73 Å². The van der Waals surface area contributed by atoms with E-state index in [1.54, 1.807) is 0 Å². The van der Waals surface area contributed by atoms with Crippen molar-refractivity contribution in [2.24, 2.45) is 0 Å². The lowest BCUT2D eigenvalue weighted by molar-refractivity contribution is -0.138. The molecule has 3 rings (SSSR count). The molecule has 2 N–H and O–H groups in total. The number of nitrogens with two attached hydrogens (primary N) is 1. The van der Waals surface area contributed by atoms with E-state index < -0.39 is 11.7 Å². The van der Waals surface area contributed by atoms with E-state index in [-0.39, 0.29) is 17.0 Å². The highest BCUT2D eigenvalue weighted by Crippen LogP contribution is 2.44. The predicted octanol–water partition coefficient (Wildman–Crippen LogP) is 4.87. The van der Waals surface area contributed by atoms with Crippen LogP contribution in [-0.2, 0) is 12.6 Å². The van der Waals surface area contributed by atoms with Gasteiger partial charge in [0.25, 0.3) is 0 Å². The summed E-state index contributed by atoms with van der Waals surface area (Å²) in [5.74, 6) is 0.357. The molecule has 7 heteroatoms. The molecule has 0 spiro atoms. The van der Waals surface area contributed by atoms with E-state index >= 15 is 0 Å². The zero-order valence-corrected chi connectivity index (χ0v) is 12.4. The van der Waals surface area contributed by atoms with E-state index in [4.69, 9.17) is 17.3 Å². The molecule has 1 fully saturated rings. The zero-order chi connectivity index (χ0) is 15.2. The molecule has 0 atom stereocenters. The second-order valence-electron chi connectivity index (χ2n) is 5.11. The SMILES string of the molecule is Nc1nc(C2CC2)c(Cc2ccc(Cl)cc2C(F)(F)F)s1. The third-order valence-corrected chi connectivity index (χ3v) is 4.57. The van der Waals surface area contributed by atoms with Gasteiger partial charge in [0.1, 0.15) is 0 Å². The maximum Gasteiger partial charge on any atom is 0.416 e. The van der Waals surface area contributed by atoms with Gasteiger partial charge in [-0.1, -0.05) is 17.7 Å². The fraction of sp³-hybridized carbons (Fsp3) is 0.357. The normalized spacial score (nSPS) is 15.4. The molecule has 0 amide bonds. The maximum absolute atomic E-state index is 13.1. The molecule has 112 valence electrons. The Labute approximate surface area is 128 Å². The Kier molecular flexibility index (Phi) is 3.61. The topological polar surface area (TPSA) is 38.9 Å². The van der Waals surface area contributed by atoms with Crippen molar-refractivity contribution in [3.8, 4) is 0 Å². The fourth-order valence-corrected chi connectivity index (χ4v) is 3.44. The highest BCUT2D eigenvalue weighted by atomic mass is 35.5. The minimum absolute atomic E-state index is 0.0808. The first-order valence-corrected chi connectivity index (χ1v) is 7.64. The first-order chi connectivity index (χ1) is 9.84. The molecule has 1 aliphatic rings. The summed E-state index contributed by atoms with van der Waals surface area (Å²) in [6, 6.07) is 3.88. The van der Waals surface area contributed by atoms with Crippen LogP contribution < -0.4 is 5.73 Å². The predicted molar refractivity (Wildman–Crippen MR) is 77.8 cm³/mol. The van der Waals surface area contributed by atoms with Gasteiger partial charge in [-0.2, -0.15) is 13.2 Å². The third-order valence-electron chi connectivity index (χ3n) is 3.44. The molecule has 1 heterocycles. The number of thiazole rings is 1. The van der Waals surface area contributed by atoms with Crippen LogP contribution in [0.4, 0.5) is 18.3 Å².